The van der Waals surface area contributed by atoms with Crippen molar-refractivity contribution in [2.24, 2.45) is 0 Å². The van der Waals surface area contributed by atoms with Crippen LogP contribution < -0.4 is 21.0 Å². The summed E-state index contributed by atoms with van der Waals surface area (Å²) in [7, 11) is 6.09. The molecule has 2 unspecified atom stereocenters. The van der Waals surface area contributed by atoms with Crippen LogP contribution in [0.2, 0.25) is 0 Å². The fourth-order valence-corrected chi connectivity index (χ4v) is 5.35. The molecule has 5 rings (SSSR count). The lowest BCUT2D eigenvalue weighted by molar-refractivity contribution is -0.143. The molecule has 3 aliphatic rings. The number of nitrogens with one attached hydrogen (secondary N) is 1. The Morgan fingerprint density at radius 1 is 1.11 bits per heavy atom. The SMILES string of the molecule is Bc1c(CN2CCOCC2=O)ccc(C(B)Oc2cccc3c2CN(C2CCC(=O)NC2=O)C3=O)c1B. The van der Waals surface area contributed by atoms with Gasteiger partial charge in [0.05, 0.1) is 19.2 Å². The first-order valence-electron chi connectivity index (χ1n) is 12.6. The molecule has 0 bridgehead atoms. The molecule has 37 heavy (non-hydrogen) atoms. The molecule has 1 N–H and O–H groups in total. The number of imide groups is 1. The van der Waals surface area contributed by atoms with Gasteiger partial charge in [-0.25, -0.2) is 0 Å². The Morgan fingerprint density at radius 3 is 2.68 bits per heavy atom. The summed E-state index contributed by atoms with van der Waals surface area (Å²) in [6.07, 6.45) is 0.531. The summed E-state index contributed by atoms with van der Waals surface area (Å²) >= 11 is 0. The van der Waals surface area contributed by atoms with Crippen molar-refractivity contribution in [3.8, 4) is 5.75 Å². The third kappa shape index (κ3) is 4.77. The molecular weight excluding hydrogens is 471 g/mol. The van der Waals surface area contributed by atoms with Gasteiger partial charge in [0.1, 0.15) is 34.1 Å². The van der Waals surface area contributed by atoms with Gasteiger partial charge in [-0.3, -0.25) is 24.5 Å². The van der Waals surface area contributed by atoms with Gasteiger partial charge in [0.25, 0.3) is 5.91 Å². The molecule has 0 radical (unpaired) electrons. The number of hydrogen-bond acceptors (Lipinski definition) is 6. The number of morpholine rings is 1. The zero-order valence-electron chi connectivity index (χ0n) is 21.3. The molecule has 2 aromatic rings. The normalized spacial score (nSPS) is 20.6. The zero-order valence-corrected chi connectivity index (χ0v) is 21.3. The Balaban J connectivity index is 1.33. The second-order valence-corrected chi connectivity index (χ2v) is 9.87. The second kappa shape index (κ2) is 10.1. The Bertz CT molecular complexity index is 1300. The summed E-state index contributed by atoms with van der Waals surface area (Å²) in [6, 6.07) is 8.51. The van der Waals surface area contributed by atoms with Crippen LogP contribution in [0.4, 0.5) is 0 Å². The fraction of sp³-hybridized carbons (Fsp3) is 0.360. The molecule has 0 aliphatic carbocycles. The van der Waals surface area contributed by atoms with E-state index in [0.717, 1.165) is 27.6 Å². The van der Waals surface area contributed by atoms with E-state index in [-0.39, 0.29) is 43.3 Å². The van der Waals surface area contributed by atoms with E-state index in [4.69, 9.17) is 9.47 Å². The van der Waals surface area contributed by atoms with Crippen molar-refractivity contribution < 1.29 is 28.7 Å². The van der Waals surface area contributed by atoms with Gasteiger partial charge in [0, 0.05) is 30.6 Å². The summed E-state index contributed by atoms with van der Waals surface area (Å²) in [5.41, 5.74) is 5.60. The first-order valence-corrected chi connectivity index (χ1v) is 12.6. The molecule has 4 amide bonds. The van der Waals surface area contributed by atoms with Crippen LogP contribution in [-0.2, 0) is 32.2 Å². The van der Waals surface area contributed by atoms with Gasteiger partial charge >= 0.3 is 0 Å². The highest BCUT2D eigenvalue weighted by Crippen LogP contribution is 2.35. The third-order valence-corrected chi connectivity index (χ3v) is 7.67. The van der Waals surface area contributed by atoms with Crippen LogP contribution in [0.25, 0.3) is 0 Å². The largest absolute Gasteiger partial charge is 0.495 e. The number of fused-ring (bicyclic) bond motifs is 1. The molecule has 2 fully saturated rings. The molecule has 9 nitrogen and oxygen atoms in total. The number of carbonyl (C=O) groups is 4. The average molecular weight is 499 g/mol. The highest BCUT2D eigenvalue weighted by atomic mass is 16.5. The van der Waals surface area contributed by atoms with E-state index < -0.39 is 11.9 Å². The molecule has 2 atom stereocenters. The maximum Gasteiger partial charge on any atom is 0.255 e. The molecule has 0 aromatic heterocycles. The molecule has 188 valence electrons. The molecule has 3 heterocycles. The number of benzene rings is 2. The first kappa shape index (κ1) is 25.1. The lowest BCUT2D eigenvalue weighted by Crippen LogP contribution is -2.52. The lowest BCUT2D eigenvalue weighted by atomic mass is 9.71. The maximum atomic E-state index is 13.1. The van der Waals surface area contributed by atoms with Gasteiger partial charge in [-0.15, -0.1) is 0 Å². The van der Waals surface area contributed by atoms with Crippen molar-refractivity contribution >= 4 is 58.1 Å². The summed E-state index contributed by atoms with van der Waals surface area (Å²) in [6.45, 7) is 2.08. The molecule has 2 aromatic carbocycles. The molecular formula is C25H28B3N3O6. The summed E-state index contributed by atoms with van der Waals surface area (Å²) in [5.74, 6) is -0.359. The first-order chi connectivity index (χ1) is 17.7. The van der Waals surface area contributed by atoms with E-state index in [1.807, 2.05) is 30.9 Å². The highest BCUT2D eigenvalue weighted by molar-refractivity contribution is 6.50. The summed E-state index contributed by atoms with van der Waals surface area (Å²) in [5, 5.41) is 2.34. The van der Waals surface area contributed by atoms with Crippen molar-refractivity contribution in [1.82, 2.24) is 15.1 Å². The van der Waals surface area contributed by atoms with E-state index in [2.05, 4.69) is 21.0 Å². The molecule has 2 saturated heterocycles. The Hall–Kier alpha value is -3.53. The van der Waals surface area contributed by atoms with E-state index in [0.29, 0.717) is 37.4 Å². The van der Waals surface area contributed by atoms with Crippen LogP contribution in [0, 0.1) is 0 Å². The van der Waals surface area contributed by atoms with Crippen molar-refractivity contribution in [2.75, 3.05) is 19.8 Å². The number of carbonyl (C=O) groups excluding carboxylic acids is 4. The van der Waals surface area contributed by atoms with E-state index in [9.17, 15) is 19.2 Å². The molecule has 0 saturated carbocycles. The van der Waals surface area contributed by atoms with Crippen LogP contribution in [0.15, 0.2) is 30.3 Å². The third-order valence-electron chi connectivity index (χ3n) is 7.67. The van der Waals surface area contributed by atoms with Gasteiger partial charge in [-0.05, 0) is 29.7 Å². The molecule has 12 heteroatoms. The number of amides is 4. The number of rotatable bonds is 6. The fourth-order valence-electron chi connectivity index (χ4n) is 5.35. The van der Waals surface area contributed by atoms with Crippen LogP contribution in [0.1, 0.15) is 45.9 Å². The number of nitrogens with zero attached hydrogens (tertiary/aromatic N) is 2. The van der Waals surface area contributed by atoms with Crippen molar-refractivity contribution in [2.45, 2.75) is 38.0 Å². The van der Waals surface area contributed by atoms with Crippen LogP contribution in [0.5, 0.6) is 5.75 Å². The number of piperidine rings is 1. The Labute approximate surface area is 218 Å². The standard InChI is InChI=1S/C25H28B3N3O6/c26-21-13(10-30-8-9-36-12-20(30)33)4-5-15(22(21)27)23(28)37-18-3-1-2-14-16(18)11-31(25(14)35)17-6-7-19(32)29-24(17)34/h1-5,17,23H,6-12,26-28H2,(H,29,32,34). The van der Waals surface area contributed by atoms with Crippen LogP contribution in [-0.4, -0.2) is 82.8 Å². The summed E-state index contributed by atoms with van der Waals surface area (Å²) < 4.78 is 11.6. The second-order valence-electron chi connectivity index (χ2n) is 9.87. The number of ether oxygens (including phenoxy) is 2. The topological polar surface area (TPSA) is 105 Å². The zero-order chi connectivity index (χ0) is 26.3. The minimum Gasteiger partial charge on any atom is -0.495 e. The predicted molar refractivity (Wildman–Crippen MR) is 143 cm³/mol. The average Bonchev–Trinajstić information content (AvgIpc) is 3.20. The highest BCUT2D eigenvalue weighted by Gasteiger charge is 2.40. The van der Waals surface area contributed by atoms with Crippen molar-refractivity contribution in [3.05, 3.63) is 52.6 Å². The van der Waals surface area contributed by atoms with Crippen LogP contribution in [0.3, 0.4) is 0 Å². The quantitative estimate of drug-likeness (QED) is 0.337. The minimum atomic E-state index is -0.668. The van der Waals surface area contributed by atoms with Crippen molar-refractivity contribution in [3.63, 3.8) is 0 Å². The number of hydrogen-bond donors (Lipinski definition) is 1. The predicted octanol–water partition coefficient (Wildman–Crippen LogP) is -2.97. The van der Waals surface area contributed by atoms with Crippen LogP contribution >= 0.6 is 0 Å². The van der Waals surface area contributed by atoms with Gasteiger partial charge in [-0.1, -0.05) is 29.1 Å². The smallest absolute Gasteiger partial charge is 0.255 e. The maximum absolute atomic E-state index is 13.1. The van der Waals surface area contributed by atoms with Crippen molar-refractivity contribution in [1.29, 1.82) is 0 Å². The summed E-state index contributed by atoms with van der Waals surface area (Å²) in [4.78, 5) is 52.6. The van der Waals surface area contributed by atoms with Gasteiger partial charge in [0.15, 0.2) is 7.85 Å². The van der Waals surface area contributed by atoms with Gasteiger partial charge in [0.2, 0.25) is 17.7 Å². The van der Waals surface area contributed by atoms with E-state index >= 15 is 0 Å². The lowest BCUT2D eigenvalue weighted by Gasteiger charge is -2.29. The van der Waals surface area contributed by atoms with E-state index in [1.54, 1.807) is 12.1 Å². The monoisotopic (exact) mass is 499 g/mol. The minimum absolute atomic E-state index is 0.00270. The van der Waals surface area contributed by atoms with Gasteiger partial charge in [-0.2, -0.15) is 0 Å². The molecule has 3 aliphatic heterocycles. The Kier molecular flexibility index (Phi) is 6.85. The molecule has 0 spiro atoms. The van der Waals surface area contributed by atoms with Gasteiger partial charge < -0.3 is 19.3 Å². The Morgan fingerprint density at radius 2 is 1.92 bits per heavy atom. The van der Waals surface area contributed by atoms with E-state index in [1.165, 1.54) is 4.90 Å².